The molecule has 0 amide bonds. The largest absolute Gasteiger partial charge is 0.372 e. The van der Waals surface area contributed by atoms with E-state index in [9.17, 15) is 0 Å². The second kappa shape index (κ2) is 5.87. The zero-order chi connectivity index (χ0) is 11.4. The third-order valence-corrected chi connectivity index (χ3v) is 3.34. The van der Waals surface area contributed by atoms with Crippen LogP contribution in [0, 0.1) is 0 Å². The first-order chi connectivity index (χ1) is 7.75. The number of hydrogen-bond acceptors (Lipinski definition) is 2. The van der Waals surface area contributed by atoms with Crippen LogP contribution >= 0.6 is 23.2 Å². The summed E-state index contributed by atoms with van der Waals surface area (Å²) in [7, 11) is 0. The highest BCUT2D eigenvalue weighted by Gasteiger charge is 2.13. The van der Waals surface area contributed by atoms with E-state index in [-0.39, 0.29) is 0 Å². The van der Waals surface area contributed by atoms with Crippen molar-refractivity contribution in [1.29, 1.82) is 0 Å². The summed E-state index contributed by atoms with van der Waals surface area (Å²) in [4.78, 5) is 0. The Labute approximate surface area is 106 Å². The number of ether oxygens (including phenoxy) is 1. The van der Waals surface area contributed by atoms with E-state index in [2.05, 4.69) is 5.32 Å². The number of piperidine rings is 1. The van der Waals surface area contributed by atoms with Crippen LogP contribution in [0.5, 0.6) is 0 Å². The average Bonchev–Trinajstić information content (AvgIpc) is 2.32. The van der Waals surface area contributed by atoms with Crippen LogP contribution in [0.25, 0.3) is 0 Å². The van der Waals surface area contributed by atoms with Gasteiger partial charge in [0.05, 0.1) is 12.7 Å². The monoisotopic (exact) mass is 259 g/mol. The Kier molecular flexibility index (Phi) is 4.47. The fraction of sp³-hybridized carbons (Fsp3) is 0.500. The molecule has 16 heavy (non-hydrogen) atoms. The normalized spacial score (nSPS) is 21.0. The van der Waals surface area contributed by atoms with Gasteiger partial charge in [0.15, 0.2) is 0 Å². The van der Waals surface area contributed by atoms with Gasteiger partial charge in [0.2, 0.25) is 0 Å². The van der Waals surface area contributed by atoms with Crippen LogP contribution in [0.15, 0.2) is 18.2 Å². The van der Waals surface area contributed by atoms with Gasteiger partial charge in [-0.05, 0) is 43.1 Å². The third-order valence-electron chi connectivity index (χ3n) is 2.73. The molecule has 0 aliphatic carbocycles. The number of rotatable bonds is 3. The van der Waals surface area contributed by atoms with Crippen LogP contribution < -0.4 is 5.32 Å². The van der Waals surface area contributed by atoms with Crippen molar-refractivity contribution >= 4 is 23.2 Å². The van der Waals surface area contributed by atoms with Crippen LogP contribution in [0.4, 0.5) is 0 Å². The van der Waals surface area contributed by atoms with E-state index >= 15 is 0 Å². The quantitative estimate of drug-likeness (QED) is 0.900. The molecule has 1 aromatic carbocycles. The Morgan fingerprint density at radius 2 is 2.25 bits per heavy atom. The zero-order valence-corrected chi connectivity index (χ0v) is 10.5. The molecule has 0 bridgehead atoms. The van der Waals surface area contributed by atoms with Gasteiger partial charge in [0, 0.05) is 16.6 Å². The number of benzene rings is 1. The van der Waals surface area contributed by atoms with Crippen molar-refractivity contribution in [3.63, 3.8) is 0 Å². The van der Waals surface area contributed by atoms with E-state index in [0.29, 0.717) is 22.8 Å². The molecule has 1 aliphatic rings. The van der Waals surface area contributed by atoms with Gasteiger partial charge in [-0.1, -0.05) is 23.2 Å². The fourth-order valence-corrected chi connectivity index (χ4v) is 2.19. The first kappa shape index (κ1) is 12.2. The topological polar surface area (TPSA) is 21.3 Å². The predicted molar refractivity (Wildman–Crippen MR) is 67.1 cm³/mol. The van der Waals surface area contributed by atoms with Gasteiger partial charge in [-0.2, -0.15) is 0 Å². The van der Waals surface area contributed by atoms with Gasteiger partial charge in [-0.25, -0.2) is 0 Å². The molecule has 0 spiro atoms. The van der Waals surface area contributed by atoms with E-state index in [1.807, 2.05) is 12.1 Å². The Morgan fingerprint density at radius 1 is 1.38 bits per heavy atom. The summed E-state index contributed by atoms with van der Waals surface area (Å²) in [5.41, 5.74) is 0.958. The minimum Gasteiger partial charge on any atom is -0.372 e. The highest BCUT2D eigenvalue weighted by atomic mass is 35.5. The van der Waals surface area contributed by atoms with E-state index in [1.165, 1.54) is 6.42 Å². The molecule has 1 aromatic rings. The third kappa shape index (κ3) is 3.36. The highest BCUT2D eigenvalue weighted by molar-refractivity contribution is 6.33. The van der Waals surface area contributed by atoms with Gasteiger partial charge >= 0.3 is 0 Å². The van der Waals surface area contributed by atoms with Crippen molar-refractivity contribution < 1.29 is 4.74 Å². The average molecular weight is 260 g/mol. The first-order valence-electron chi connectivity index (χ1n) is 5.52. The summed E-state index contributed by atoms with van der Waals surface area (Å²) in [5.74, 6) is 0. The molecule has 1 saturated heterocycles. The van der Waals surface area contributed by atoms with Gasteiger partial charge in [-0.15, -0.1) is 0 Å². The molecule has 0 unspecified atom stereocenters. The van der Waals surface area contributed by atoms with Gasteiger partial charge in [0.1, 0.15) is 0 Å². The van der Waals surface area contributed by atoms with Crippen molar-refractivity contribution in [2.45, 2.75) is 25.6 Å². The molecule has 1 heterocycles. The lowest BCUT2D eigenvalue weighted by Crippen LogP contribution is -2.35. The van der Waals surface area contributed by atoms with Crippen molar-refractivity contribution in [3.8, 4) is 0 Å². The Bertz CT molecular complexity index is 351. The standard InChI is InChI=1S/C12H15Cl2NO/c13-10-3-4-12(14)9(6-10)8-16-11-2-1-5-15-7-11/h3-4,6,11,15H,1-2,5,7-8H2/t11-/m0/s1. The Morgan fingerprint density at radius 3 is 3.00 bits per heavy atom. The van der Waals surface area contributed by atoms with Crippen LogP contribution in [0.2, 0.25) is 10.0 Å². The minimum absolute atomic E-state index is 0.295. The highest BCUT2D eigenvalue weighted by Crippen LogP contribution is 2.22. The molecule has 1 aliphatic heterocycles. The smallest absolute Gasteiger partial charge is 0.0736 e. The summed E-state index contributed by atoms with van der Waals surface area (Å²) in [5, 5.41) is 4.73. The summed E-state index contributed by atoms with van der Waals surface area (Å²) >= 11 is 12.0. The summed E-state index contributed by atoms with van der Waals surface area (Å²) in [6.07, 6.45) is 2.59. The molecule has 1 atom stereocenters. The lowest BCUT2D eigenvalue weighted by atomic mass is 10.1. The van der Waals surface area contributed by atoms with Crippen molar-refractivity contribution in [2.75, 3.05) is 13.1 Å². The molecule has 2 nitrogen and oxygen atoms in total. The van der Waals surface area contributed by atoms with Gasteiger partial charge < -0.3 is 10.1 Å². The maximum atomic E-state index is 6.06. The maximum Gasteiger partial charge on any atom is 0.0736 e. The molecule has 0 aromatic heterocycles. The molecule has 0 radical (unpaired) electrons. The lowest BCUT2D eigenvalue weighted by molar-refractivity contribution is 0.0253. The molecule has 0 saturated carbocycles. The summed E-state index contributed by atoms with van der Waals surface area (Å²) in [6.45, 7) is 2.56. The van der Waals surface area contributed by atoms with E-state index < -0.39 is 0 Å². The molecular weight excluding hydrogens is 245 g/mol. The zero-order valence-electron chi connectivity index (χ0n) is 9.01. The molecule has 1 fully saturated rings. The Balaban J connectivity index is 1.90. The van der Waals surface area contributed by atoms with Gasteiger partial charge in [0.25, 0.3) is 0 Å². The molecular formula is C12H15Cl2NO. The molecule has 88 valence electrons. The van der Waals surface area contributed by atoms with Crippen molar-refractivity contribution in [3.05, 3.63) is 33.8 Å². The van der Waals surface area contributed by atoms with E-state index in [4.69, 9.17) is 27.9 Å². The lowest BCUT2D eigenvalue weighted by Gasteiger charge is -2.23. The minimum atomic E-state index is 0.295. The van der Waals surface area contributed by atoms with Gasteiger partial charge in [-0.3, -0.25) is 0 Å². The predicted octanol–water partition coefficient (Wildman–Crippen LogP) is 3.26. The summed E-state index contributed by atoms with van der Waals surface area (Å²) < 4.78 is 5.80. The second-order valence-corrected chi connectivity index (χ2v) is 4.86. The van der Waals surface area contributed by atoms with E-state index in [0.717, 1.165) is 25.1 Å². The van der Waals surface area contributed by atoms with Crippen LogP contribution in [0.3, 0.4) is 0 Å². The van der Waals surface area contributed by atoms with Crippen molar-refractivity contribution in [1.82, 2.24) is 5.32 Å². The number of halogens is 2. The first-order valence-corrected chi connectivity index (χ1v) is 6.27. The van der Waals surface area contributed by atoms with Crippen LogP contribution in [-0.2, 0) is 11.3 Å². The van der Waals surface area contributed by atoms with E-state index in [1.54, 1.807) is 6.07 Å². The van der Waals surface area contributed by atoms with Crippen molar-refractivity contribution in [2.24, 2.45) is 0 Å². The number of hydrogen-bond donors (Lipinski definition) is 1. The number of nitrogens with one attached hydrogen (secondary N) is 1. The molecule has 4 heteroatoms. The van der Waals surface area contributed by atoms with Crippen LogP contribution in [-0.4, -0.2) is 19.2 Å². The maximum absolute atomic E-state index is 6.06. The molecule has 2 rings (SSSR count). The summed E-state index contributed by atoms with van der Waals surface area (Å²) in [6, 6.07) is 5.46. The Hall–Kier alpha value is -0.280. The SMILES string of the molecule is Clc1ccc(Cl)c(CO[C@H]2CCCNC2)c1. The second-order valence-electron chi connectivity index (χ2n) is 4.02. The molecule has 1 N–H and O–H groups in total. The fourth-order valence-electron chi connectivity index (χ4n) is 1.82. The van der Waals surface area contributed by atoms with Crippen LogP contribution in [0.1, 0.15) is 18.4 Å².